The molecule has 0 saturated heterocycles. The van der Waals surface area contributed by atoms with Crippen LogP contribution in [-0.4, -0.2) is 5.97 Å². The fourth-order valence-corrected chi connectivity index (χ4v) is 1.33. The molecular weight excluding hydrogens is 298 g/mol. The standard InChI is InChI=1S/C7H7NO2.C5H5BrN2/c8-6-3-1-2-5(4-6)7(9)10;6-4-1-2-5(7)8-3-4/h1-4H,8H2,(H,9,10);1-3H,(H2,7,8). The molecular formula is C12H12BrN3O2. The molecule has 0 amide bonds. The average molecular weight is 310 g/mol. The number of aromatic amines is 1. The normalized spacial score (nSPS) is 9.17. The van der Waals surface area contributed by atoms with Crippen molar-refractivity contribution in [2.45, 2.75) is 0 Å². The van der Waals surface area contributed by atoms with Crippen LogP contribution in [0.15, 0.2) is 47.1 Å². The Labute approximate surface area is 113 Å². The minimum atomic E-state index is -1.20. The first-order chi connectivity index (χ1) is 8.49. The van der Waals surface area contributed by atoms with E-state index in [0.29, 0.717) is 11.5 Å². The van der Waals surface area contributed by atoms with Gasteiger partial charge >= 0.3 is 0 Å². The summed E-state index contributed by atoms with van der Waals surface area (Å²) in [6, 6.07) is 9.66. The molecule has 1 aromatic heterocycles. The second-order valence-corrected chi connectivity index (χ2v) is 4.29. The molecule has 0 bridgehead atoms. The van der Waals surface area contributed by atoms with Gasteiger partial charge in [-0.05, 0) is 39.7 Å². The SMILES string of the molecule is Nc1ccc(Br)c[nH+]1.Nc1cccc(C(=O)[O-])c1. The quantitative estimate of drug-likeness (QED) is 0.747. The number of carbonyl (C=O) groups excluding carboxylic acids is 1. The molecule has 2 aromatic rings. The number of benzene rings is 1. The van der Waals surface area contributed by atoms with E-state index in [9.17, 15) is 9.90 Å². The zero-order valence-corrected chi connectivity index (χ0v) is 11.0. The van der Waals surface area contributed by atoms with E-state index in [2.05, 4.69) is 20.9 Å². The number of aromatic carboxylic acids is 1. The van der Waals surface area contributed by atoms with Crippen molar-refractivity contribution in [1.82, 2.24) is 0 Å². The number of nitrogen functional groups attached to an aromatic ring is 2. The van der Waals surface area contributed by atoms with E-state index in [1.807, 2.05) is 6.07 Å². The summed E-state index contributed by atoms with van der Waals surface area (Å²) in [6.07, 6.45) is 1.79. The first-order valence-corrected chi connectivity index (χ1v) is 5.78. The lowest BCUT2D eigenvalue weighted by molar-refractivity contribution is -0.361. The lowest BCUT2D eigenvalue weighted by atomic mass is 10.2. The van der Waals surface area contributed by atoms with Gasteiger partial charge in [-0.3, -0.25) is 5.73 Å². The molecule has 2 rings (SSSR count). The average Bonchev–Trinajstić information content (AvgIpc) is 2.34. The molecule has 18 heavy (non-hydrogen) atoms. The zero-order valence-electron chi connectivity index (χ0n) is 9.39. The van der Waals surface area contributed by atoms with Crippen LogP contribution in [0.25, 0.3) is 0 Å². The van der Waals surface area contributed by atoms with Gasteiger partial charge in [-0.2, -0.15) is 0 Å². The molecule has 5 N–H and O–H groups in total. The number of hydrogen-bond donors (Lipinski definition) is 2. The number of halogens is 1. The molecule has 94 valence electrons. The second kappa shape index (κ2) is 6.61. The monoisotopic (exact) mass is 309 g/mol. The topological polar surface area (TPSA) is 106 Å². The van der Waals surface area contributed by atoms with Gasteiger partial charge in [-0.25, -0.2) is 4.98 Å². The van der Waals surface area contributed by atoms with Crippen molar-refractivity contribution in [2.75, 3.05) is 11.5 Å². The van der Waals surface area contributed by atoms with Gasteiger partial charge in [0.05, 0.1) is 10.4 Å². The number of hydrogen-bond acceptors (Lipinski definition) is 4. The smallest absolute Gasteiger partial charge is 0.270 e. The molecule has 1 aromatic carbocycles. The van der Waals surface area contributed by atoms with E-state index >= 15 is 0 Å². The Kier molecular flexibility index (Phi) is 5.13. The highest BCUT2D eigenvalue weighted by Gasteiger charge is 1.91. The van der Waals surface area contributed by atoms with Crippen LogP contribution in [0.1, 0.15) is 10.4 Å². The first-order valence-electron chi connectivity index (χ1n) is 4.98. The summed E-state index contributed by atoms with van der Waals surface area (Å²) in [6.45, 7) is 0. The highest BCUT2D eigenvalue weighted by atomic mass is 79.9. The van der Waals surface area contributed by atoms with Crippen molar-refractivity contribution >= 4 is 33.4 Å². The minimum Gasteiger partial charge on any atom is -0.545 e. The van der Waals surface area contributed by atoms with E-state index < -0.39 is 5.97 Å². The van der Waals surface area contributed by atoms with E-state index in [-0.39, 0.29) is 5.56 Å². The van der Waals surface area contributed by atoms with Crippen LogP contribution in [0, 0.1) is 0 Å². The number of carboxylic acid groups (broad SMARTS) is 1. The Morgan fingerprint density at radius 1 is 1.22 bits per heavy atom. The van der Waals surface area contributed by atoms with Crippen LogP contribution in [0.3, 0.4) is 0 Å². The van der Waals surface area contributed by atoms with Gasteiger partial charge in [0.25, 0.3) is 5.82 Å². The van der Waals surface area contributed by atoms with Gasteiger partial charge in [0, 0.05) is 11.8 Å². The van der Waals surface area contributed by atoms with Crippen molar-refractivity contribution in [3.8, 4) is 0 Å². The summed E-state index contributed by atoms with van der Waals surface area (Å²) >= 11 is 3.26. The summed E-state index contributed by atoms with van der Waals surface area (Å²) in [5.41, 5.74) is 11.2. The van der Waals surface area contributed by atoms with Crippen molar-refractivity contribution in [3.63, 3.8) is 0 Å². The number of H-pyrrole nitrogens is 1. The molecule has 0 atom stereocenters. The van der Waals surface area contributed by atoms with Gasteiger partial charge in [0.1, 0.15) is 6.20 Å². The molecule has 6 heteroatoms. The molecule has 0 saturated carbocycles. The second-order valence-electron chi connectivity index (χ2n) is 3.38. The number of rotatable bonds is 1. The third-order valence-electron chi connectivity index (χ3n) is 1.92. The number of pyridine rings is 1. The molecule has 0 radical (unpaired) electrons. The molecule has 0 unspecified atom stereocenters. The fourth-order valence-electron chi connectivity index (χ4n) is 1.08. The van der Waals surface area contributed by atoms with E-state index in [0.717, 1.165) is 4.47 Å². The Hall–Kier alpha value is -2.08. The number of nitrogens with one attached hydrogen (secondary N) is 1. The minimum absolute atomic E-state index is 0.111. The first kappa shape index (κ1) is 14.0. The maximum Gasteiger partial charge on any atom is 0.270 e. The Balaban J connectivity index is 0.000000184. The van der Waals surface area contributed by atoms with Crippen molar-refractivity contribution in [2.24, 2.45) is 0 Å². The van der Waals surface area contributed by atoms with E-state index in [4.69, 9.17) is 11.5 Å². The highest BCUT2D eigenvalue weighted by Crippen LogP contribution is 2.04. The van der Waals surface area contributed by atoms with E-state index in [1.165, 1.54) is 12.1 Å². The van der Waals surface area contributed by atoms with Crippen LogP contribution in [0.4, 0.5) is 11.5 Å². The largest absolute Gasteiger partial charge is 0.545 e. The third-order valence-corrected chi connectivity index (χ3v) is 2.41. The van der Waals surface area contributed by atoms with Crippen LogP contribution in [-0.2, 0) is 0 Å². The summed E-state index contributed by atoms with van der Waals surface area (Å²) in [7, 11) is 0. The summed E-state index contributed by atoms with van der Waals surface area (Å²) < 4.78 is 1.01. The number of aromatic nitrogens is 1. The molecule has 0 aliphatic rings. The number of anilines is 2. The lowest BCUT2D eigenvalue weighted by Crippen LogP contribution is -2.22. The van der Waals surface area contributed by atoms with Gasteiger partial charge in [-0.15, -0.1) is 0 Å². The van der Waals surface area contributed by atoms with Crippen molar-refractivity contribution < 1.29 is 14.9 Å². The Morgan fingerprint density at radius 3 is 2.33 bits per heavy atom. The maximum absolute atomic E-state index is 10.2. The Bertz CT molecular complexity index is 508. The van der Waals surface area contributed by atoms with Gasteiger partial charge in [-0.1, -0.05) is 12.1 Å². The van der Waals surface area contributed by atoms with Gasteiger partial charge < -0.3 is 15.6 Å². The van der Waals surface area contributed by atoms with Gasteiger partial charge in [0.2, 0.25) is 0 Å². The van der Waals surface area contributed by atoms with Crippen LogP contribution >= 0.6 is 15.9 Å². The zero-order chi connectivity index (χ0) is 13.5. The number of carboxylic acids is 1. The lowest BCUT2D eigenvalue weighted by Gasteiger charge is -2.00. The van der Waals surface area contributed by atoms with E-state index in [1.54, 1.807) is 24.4 Å². The van der Waals surface area contributed by atoms with Gasteiger partial charge in [0.15, 0.2) is 0 Å². The number of carbonyl (C=O) groups is 1. The molecule has 0 spiro atoms. The fraction of sp³-hybridized carbons (Fsp3) is 0. The molecule has 0 fully saturated rings. The Morgan fingerprint density at radius 2 is 1.94 bits per heavy atom. The summed E-state index contributed by atoms with van der Waals surface area (Å²) in [5, 5.41) is 10.2. The maximum atomic E-state index is 10.2. The summed E-state index contributed by atoms with van der Waals surface area (Å²) in [5.74, 6) is -0.527. The molecule has 5 nitrogen and oxygen atoms in total. The number of nitrogens with two attached hydrogens (primary N) is 2. The summed E-state index contributed by atoms with van der Waals surface area (Å²) in [4.78, 5) is 13.0. The van der Waals surface area contributed by atoms with Crippen LogP contribution < -0.4 is 21.6 Å². The molecule has 1 heterocycles. The molecule has 0 aliphatic heterocycles. The predicted octanol–water partition coefficient (Wildman–Crippen LogP) is 0.478. The van der Waals surface area contributed by atoms with Crippen LogP contribution in [0.2, 0.25) is 0 Å². The highest BCUT2D eigenvalue weighted by molar-refractivity contribution is 9.10. The van der Waals surface area contributed by atoms with Crippen molar-refractivity contribution in [3.05, 3.63) is 52.6 Å². The van der Waals surface area contributed by atoms with Crippen molar-refractivity contribution in [1.29, 1.82) is 0 Å². The predicted molar refractivity (Wildman–Crippen MR) is 70.3 cm³/mol. The molecule has 0 aliphatic carbocycles. The third kappa shape index (κ3) is 4.84. The van der Waals surface area contributed by atoms with Crippen LogP contribution in [0.5, 0.6) is 0 Å².